The number of halogens is 5. The van der Waals surface area contributed by atoms with Gasteiger partial charge in [-0.15, -0.1) is 0 Å². The normalized spacial score (nSPS) is 30.0. The number of benzene rings is 2. The molecule has 3 fully saturated rings. The van der Waals surface area contributed by atoms with Crippen LogP contribution in [0.2, 0.25) is 0 Å². The van der Waals surface area contributed by atoms with Crippen molar-refractivity contribution >= 4 is 0 Å². The van der Waals surface area contributed by atoms with Gasteiger partial charge < -0.3 is 0 Å². The van der Waals surface area contributed by atoms with Crippen LogP contribution in [0.5, 0.6) is 0 Å². The molecule has 152 valence electrons. The summed E-state index contributed by atoms with van der Waals surface area (Å²) < 4.78 is 73.7. The molecule has 3 aliphatic carbocycles. The van der Waals surface area contributed by atoms with E-state index in [-0.39, 0.29) is 36.8 Å². The van der Waals surface area contributed by atoms with E-state index in [1.165, 1.54) is 19.1 Å². The van der Waals surface area contributed by atoms with Crippen LogP contribution >= 0.6 is 0 Å². The molecule has 0 saturated heterocycles. The lowest BCUT2D eigenvalue weighted by molar-refractivity contribution is -0.226. The summed E-state index contributed by atoms with van der Waals surface area (Å²) in [5.74, 6) is -1.01. The second-order valence-electron chi connectivity index (χ2n) is 8.40. The number of hydrogen-bond donors (Lipinski definition) is 0. The average molecular weight is 404 g/mol. The first-order valence-corrected chi connectivity index (χ1v) is 9.70. The van der Waals surface area contributed by atoms with Crippen LogP contribution < -0.4 is 0 Å². The summed E-state index contributed by atoms with van der Waals surface area (Å²) in [6.45, 7) is 3.29. The minimum atomic E-state index is -3.68. The zero-order valence-corrected chi connectivity index (χ0v) is 16.3. The van der Waals surface area contributed by atoms with Crippen molar-refractivity contribution < 1.29 is 22.0 Å². The molecule has 1 atom stereocenters. The number of rotatable bonds is 1. The fourth-order valence-corrected chi connectivity index (χ4v) is 4.76. The van der Waals surface area contributed by atoms with Crippen molar-refractivity contribution in [2.45, 2.75) is 57.0 Å². The largest absolute Gasteiger partial charge is 0.295 e. The van der Waals surface area contributed by atoms with E-state index < -0.39 is 34.6 Å². The lowest BCUT2D eigenvalue weighted by Crippen LogP contribution is -2.65. The second kappa shape index (κ2) is 6.58. The maximum Gasteiger partial charge on any atom is 0.295 e. The molecule has 29 heavy (non-hydrogen) atoms. The summed E-state index contributed by atoms with van der Waals surface area (Å²) in [6, 6.07) is 9.68. The Morgan fingerprint density at radius 3 is 2.10 bits per heavy atom. The van der Waals surface area contributed by atoms with Crippen molar-refractivity contribution in [3.63, 3.8) is 0 Å². The van der Waals surface area contributed by atoms with Gasteiger partial charge in [-0.1, -0.05) is 47.7 Å². The van der Waals surface area contributed by atoms with Gasteiger partial charge in [0.05, 0.1) is 11.0 Å². The summed E-state index contributed by atoms with van der Waals surface area (Å²) in [6.07, 6.45) is -1.87. The highest BCUT2D eigenvalue weighted by Gasteiger charge is 2.71. The van der Waals surface area contributed by atoms with Crippen molar-refractivity contribution in [1.82, 2.24) is 0 Å². The smallest absolute Gasteiger partial charge is 0.240 e. The molecule has 0 heterocycles. The van der Waals surface area contributed by atoms with Crippen LogP contribution in [0.3, 0.4) is 0 Å². The Balaban J connectivity index is 1.73. The van der Waals surface area contributed by atoms with Crippen LogP contribution in [-0.2, 0) is 5.41 Å². The number of aryl methyl sites for hydroxylation is 2. The third kappa shape index (κ3) is 2.79. The van der Waals surface area contributed by atoms with Crippen molar-refractivity contribution in [2.75, 3.05) is 0 Å². The first kappa shape index (κ1) is 19.9. The van der Waals surface area contributed by atoms with E-state index >= 15 is 13.2 Å². The average Bonchev–Trinajstić information content (AvgIpc) is 2.71. The van der Waals surface area contributed by atoms with Crippen LogP contribution in [0.25, 0.3) is 0 Å². The Morgan fingerprint density at radius 2 is 1.48 bits per heavy atom. The van der Waals surface area contributed by atoms with E-state index in [1.807, 2.05) is 6.92 Å². The SMILES string of the molecule is Cc1ccc(C23CCC(C#Cc4ccc(C)c(F)c4F)(CC2)C(F)(F)C3F)cc1. The van der Waals surface area contributed by atoms with Crippen LogP contribution in [0.1, 0.15) is 47.9 Å². The van der Waals surface area contributed by atoms with Gasteiger partial charge in [-0.2, -0.15) is 0 Å². The lowest BCUT2D eigenvalue weighted by atomic mass is 9.49. The molecular formula is C24H21F5. The third-order valence-corrected chi connectivity index (χ3v) is 6.78. The van der Waals surface area contributed by atoms with Gasteiger partial charge >= 0.3 is 0 Å². The summed E-state index contributed by atoms with van der Waals surface area (Å²) in [5.41, 5.74) is -1.71. The number of alkyl halides is 3. The van der Waals surface area contributed by atoms with E-state index in [9.17, 15) is 8.78 Å². The first-order chi connectivity index (χ1) is 13.6. The molecule has 2 aromatic rings. The Labute approximate surface area is 167 Å². The molecule has 1 unspecified atom stereocenters. The van der Waals surface area contributed by atoms with Crippen molar-refractivity contribution in [1.29, 1.82) is 0 Å². The van der Waals surface area contributed by atoms with E-state index in [0.717, 1.165) is 5.56 Å². The zero-order valence-electron chi connectivity index (χ0n) is 16.3. The van der Waals surface area contributed by atoms with Gasteiger partial charge in [0.2, 0.25) is 0 Å². The molecule has 0 amide bonds. The molecule has 2 aromatic carbocycles. The molecule has 2 bridgehead atoms. The molecule has 0 aromatic heterocycles. The van der Waals surface area contributed by atoms with Gasteiger partial charge in [0, 0.05) is 5.41 Å². The Hall–Kier alpha value is -2.35. The predicted molar refractivity (Wildman–Crippen MR) is 102 cm³/mol. The number of hydrogen-bond acceptors (Lipinski definition) is 0. The first-order valence-electron chi connectivity index (χ1n) is 9.70. The van der Waals surface area contributed by atoms with Gasteiger partial charge in [0.1, 0.15) is 0 Å². The van der Waals surface area contributed by atoms with Crippen molar-refractivity contribution in [2.24, 2.45) is 5.41 Å². The quantitative estimate of drug-likeness (QED) is 0.380. The van der Waals surface area contributed by atoms with Gasteiger partial charge in [-0.05, 0) is 56.7 Å². The maximum absolute atomic E-state index is 15.3. The van der Waals surface area contributed by atoms with E-state index in [2.05, 4.69) is 11.8 Å². The Morgan fingerprint density at radius 1 is 0.862 bits per heavy atom. The summed E-state index contributed by atoms with van der Waals surface area (Å²) >= 11 is 0. The lowest BCUT2D eigenvalue weighted by Gasteiger charge is -2.57. The third-order valence-electron chi connectivity index (χ3n) is 6.78. The van der Waals surface area contributed by atoms with Gasteiger partial charge in [0.25, 0.3) is 5.92 Å². The molecule has 0 spiro atoms. The molecule has 3 aliphatic rings. The minimum Gasteiger partial charge on any atom is -0.240 e. The van der Waals surface area contributed by atoms with Gasteiger partial charge in [-0.3, -0.25) is 0 Å². The zero-order chi connectivity index (χ0) is 21.0. The van der Waals surface area contributed by atoms with Gasteiger partial charge in [0.15, 0.2) is 17.8 Å². The fourth-order valence-electron chi connectivity index (χ4n) is 4.76. The fraction of sp³-hybridized carbons (Fsp3) is 0.417. The molecule has 5 heteroatoms. The molecule has 3 saturated carbocycles. The Bertz CT molecular complexity index is 1000. The minimum absolute atomic E-state index is 0.0112. The molecule has 0 aliphatic heterocycles. The predicted octanol–water partition coefficient (Wildman–Crippen LogP) is 6.42. The number of fused-ring (bicyclic) bond motifs is 3. The topological polar surface area (TPSA) is 0 Å². The Kier molecular flexibility index (Phi) is 4.53. The molecule has 5 rings (SSSR count). The van der Waals surface area contributed by atoms with Crippen molar-refractivity contribution in [3.8, 4) is 11.8 Å². The highest BCUT2D eigenvalue weighted by atomic mass is 19.3. The maximum atomic E-state index is 15.3. The molecular weight excluding hydrogens is 383 g/mol. The molecule has 0 N–H and O–H groups in total. The molecule has 0 nitrogen and oxygen atoms in total. The molecule has 0 radical (unpaired) electrons. The summed E-state index contributed by atoms with van der Waals surface area (Å²) in [4.78, 5) is 0. The standard InChI is InChI=1S/C24H21F5/c1-15-3-7-18(8-4-15)23-13-11-22(12-14-23,24(28,29)21(23)27)10-9-17-6-5-16(2)19(25)20(17)26/h3-8,21H,11-14H2,1-2H3. The summed E-state index contributed by atoms with van der Waals surface area (Å²) in [5, 5.41) is 0. The van der Waals surface area contributed by atoms with E-state index in [0.29, 0.717) is 5.56 Å². The highest BCUT2D eigenvalue weighted by Crippen LogP contribution is 2.65. The van der Waals surface area contributed by atoms with Crippen LogP contribution in [0.15, 0.2) is 36.4 Å². The van der Waals surface area contributed by atoms with Gasteiger partial charge in [-0.25, -0.2) is 22.0 Å². The van der Waals surface area contributed by atoms with E-state index in [4.69, 9.17) is 0 Å². The van der Waals surface area contributed by atoms with Crippen LogP contribution in [0.4, 0.5) is 22.0 Å². The second-order valence-corrected chi connectivity index (χ2v) is 8.40. The van der Waals surface area contributed by atoms with Crippen molar-refractivity contribution in [3.05, 3.63) is 70.3 Å². The monoisotopic (exact) mass is 404 g/mol. The van der Waals surface area contributed by atoms with Crippen LogP contribution in [-0.4, -0.2) is 12.1 Å². The van der Waals surface area contributed by atoms with E-state index in [1.54, 1.807) is 24.3 Å². The van der Waals surface area contributed by atoms with Crippen LogP contribution in [0, 0.1) is 42.7 Å². The summed E-state index contributed by atoms with van der Waals surface area (Å²) in [7, 11) is 0. The highest BCUT2D eigenvalue weighted by molar-refractivity contribution is 5.43.